The number of anilines is 1. The fourth-order valence-corrected chi connectivity index (χ4v) is 5.88. The first-order valence-corrected chi connectivity index (χ1v) is 14.1. The third-order valence-electron chi connectivity index (χ3n) is 6.20. The van der Waals surface area contributed by atoms with Gasteiger partial charge in [0, 0.05) is 29.2 Å². The van der Waals surface area contributed by atoms with E-state index in [0.29, 0.717) is 28.5 Å². The SMILES string of the molecule is O=c1n(Cc2ncn(-c3cnccc3NCC3CS(=O)(=O)C3)n2)nc(-c2ccc(Cl)cc2)n1CC(O)C(F)(F)F. The minimum absolute atomic E-state index is 0.00925. The fraction of sp³-hybridized carbons (Fsp3) is 0.348. The summed E-state index contributed by atoms with van der Waals surface area (Å²) in [6, 6.07) is 7.68. The fourth-order valence-electron chi connectivity index (χ4n) is 4.18. The second-order valence-electron chi connectivity index (χ2n) is 9.26. The number of sulfone groups is 1. The van der Waals surface area contributed by atoms with Gasteiger partial charge in [0.15, 0.2) is 27.6 Å². The van der Waals surface area contributed by atoms with Crippen LogP contribution >= 0.6 is 11.6 Å². The molecule has 1 aromatic carbocycles. The molecule has 5 rings (SSSR count). The average Bonchev–Trinajstić information content (AvgIpc) is 3.47. The summed E-state index contributed by atoms with van der Waals surface area (Å²) in [4.78, 5) is 21.4. The van der Waals surface area contributed by atoms with E-state index in [1.54, 1.807) is 12.3 Å². The molecule has 0 saturated carbocycles. The van der Waals surface area contributed by atoms with E-state index in [9.17, 15) is 31.5 Å². The molecule has 212 valence electrons. The average molecular weight is 599 g/mol. The van der Waals surface area contributed by atoms with Crippen LogP contribution < -0.4 is 11.0 Å². The number of rotatable bonds is 9. The topological polar surface area (TPSA) is 150 Å². The molecule has 40 heavy (non-hydrogen) atoms. The van der Waals surface area contributed by atoms with Gasteiger partial charge in [-0.3, -0.25) is 9.55 Å². The summed E-state index contributed by atoms with van der Waals surface area (Å²) in [6.45, 7) is -0.901. The molecule has 4 aromatic rings. The van der Waals surface area contributed by atoms with Crippen molar-refractivity contribution < 1.29 is 26.7 Å². The van der Waals surface area contributed by atoms with E-state index in [2.05, 4.69) is 25.5 Å². The Hall–Kier alpha value is -3.76. The van der Waals surface area contributed by atoms with E-state index in [1.807, 2.05) is 0 Å². The maximum atomic E-state index is 13.1. The molecule has 3 aromatic heterocycles. The number of nitrogens with zero attached hydrogens (tertiary/aromatic N) is 7. The quantitative estimate of drug-likeness (QED) is 0.294. The lowest BCUT2D eigenvalue weighted by molar-refractivity contribution is -0.207. The Balaban J connectivity index is 1.40. The molecule has 1 aliphatic heterocycles. The Bertz CT molecular complexity index is 1670. The van der Waals surface area contributed by atoms with Crippen molar-refractivity contribution in [1.82, 2.24) is 34.1 Å². The van der Waals surface area contributed by atoms with Crippen LogP contribution in [-0.2, 0) is 22.9 Å². The van der Waals surface area contributed by atoms with Gasteiger partial charge in [0.05, 0.1) is 29.9 Å². The third kappa shape index (κ3) is 6.03. The highest BCUT2D eigenvalue weighted by Crippen LogP contribution is 2.25. The lowest BCUT2D eigenvalue weighted by Gasteiger charge is -2.26. The van der Waals surface area contributed by atoms with Gasteiger partial charge in [-0.05, 0) is 30.3 Å². The number of benzene rings is 1. The minimum atomic E-state index is -4.94. The molecule has 2 N–H and O–H groups in total. The van der Waals surface area contributed by atoms with Crippen LogP contribution in [0.5, 0.6) is 0 Å². The maximum Gasteiger partial charge on any atom is 0.416 e. The maximum absolute atomic E-state index is 13.1. The van der Waals surface area contributed by atoms with Crippen molar-refractivity contribution in [1.29, 1.82) is 0 Å². The van der Waals surface area contributed by atoms with Crippen LogP contribution in [0.25, 0.3) is 17.1 Å². The zero-order valence-electron chi connectivity index (χ0n) is 20.5. The van der Waals surface area contributed by atoms with Crippen LogP contribution in [0.3, 0.4) is 0 Å². The molecular weight excluding hydrogens is 577 g/mol. The number of hydrogen-bond acceptors (Lipinski definition) is 9. The van der Waals surface area contributed by atoms with Gasteiger partial charge in [0.25, 0.3) is 0 Å². The molecule has 0 spiro atoms. The predicted octanol–water partition coefficient (Wildman–Crippen LogP) is 1.77. The van der Waals surface area contributed by atoms with Crippen LogP contribution in [-0.4, -0.2) is 78.0 Å². The van der Waals surface area contributed by atoms with Crippen LogP contribution in [0.4, 0.5) is 18.9 Å². The Morgan fingerprint density at radius 3 is 2.55 bits per heavy atom. The molecule has 0 radical (unpaired) electrons. The summed E-state index contributed by atoms with van der Waals surface area (Å²) >= 11 is 5.91. The highest BCUT2D eigenvalue weighted by molar-refractivity contribution is 7.92. The monoisotopic (exact) mass is 598 g/mol. The predicted molar refractivity (Wildman–Crippen MR) is 138 cm³/mol. The lowest BCUT2D eigenvalue weighted by Crippen LogP contribution is -2.40. The second-order valence-corrected chi connectivity index (χ2v) is 11.9. The van der Waals surface area contributed by atoms with Crippen molar-refractivity contribution in [3.8, 4) is 17.1 Å². The van der Waals surface area contributed by atoms with Gasteiger partial charge in [0.1, 0.15) is 18.6 Å². The Morgan fingerprint density at radius 2 is 1.88 bits per heavy atom. The summed E-state index contributed by atoms with van der Waals surface area (Å²) < 4.78 is 65.2. The Labute approximate surface area is 230 Å². The van der Waals surface area contributed by atoms with Crippen molar-refractivity contribution in [2.24, 2.45) is 5.92 Å². The van der Waals surface area contributed by atoms with Gasteiger partial charge >= 0.3 is 11.9 Å². The number of aromatic nitrogens is 7. The standard InChI is InChI=1S/C23H22ClF3N8O4S/c24-16-3-1-15(2-4-16)21-32-34(22(37)33(21)9-19(36)23(25,26)27)10-20-30-13-35(31-20)18-8-28-6-5-17(18)29-7-14-11-40(38,39)12-14/h1-6,8,13-14,19,36H,7,9-12H2,(H,28,29). The molecule has 1 atom stereocenters. The minimum Gasteiger partial charge on any atom is -0.383 e. The number of alkyl halides is 3. The van der Waals surface area contributed by atoms with Gasteiger partial charge in [-0.15, -0.1) is 10.2 Å². The number of aliphatic hydroxyl groups is 1. The molecule has 0 bridgehead atoms. The van der Waals surface area contributed by atoms with Crippen molar-refractivity contribution in [2.75, 3.05) is 23.4 Å². The molecule has 1 unspecified atom stereocenters. The van der Waals surface area contributed by atoms with Gasteiger partial charge in [-0.2, -0.15) is 13.2 Å². The van der Waals surface area contributed by atoms with Crippen molar-refractivity contribution in [3.63, 3.8) is 0 Å². The summed E-state index contributed by atoms with van der Waals surface area (Å²) in [5.41, 5.74) is 0.557. The normalized spacial score (nSPS) is 16.0. The summed E-state index contributed by atoms with van der Waals surface area (Å²) in [5, 5.41) is 21.8. The third-order valence-corrected chi connectivity index (χ3v) is 8.41. The molecule has 0 aliphatic carbocycles. The zero-order chi connectivity index (χ0) is 28.7. The van der Waals surface area contributed by atoms with E-state index >= 15 is 0 Å². The molecule has 4 heterocycles. The number of nitrogens with one attached hydrogen (secondary N) is 1. The molecule has 1 saturated heterocycles. The van der Waals surface area contributed by atoms with Crippen molar-refractivity contribution >= 4 is 27.1 Å². The van der Waals surface area contributed by atoms with Crippen LogP contribution in [0.1, 0.15) is 5.82 Å². The molecule has 12 nitrogen and oxygen atoms in total. The van der Waals surface area contributed by atoms with Crippen molar-refractivity contribution in [2.45, 2.75) is 25.4 Å². The molecular formula is C23H22ClF3N8O4S. The summed E-state index contributed by atoms with van der Waals surface area (Å²) in [5.74, 6) is 0.262. The largest absolute Gasteiger partial charge is 0.416 e. The molecule has 1 aliphatic rings. The summed E-state index contributed by atoms with van der Waals surface area (Å²) in [6.07, 6.45) is -3.28. The highest BCUT2D eigenvalue weighted by atomic mass is 35.5. The van der Waals surface area contributed by atoms with Gasteiger partial charge in [-0.25, -0.2) is 27.6 Å². The molecule has 17 heteroatoms. The van der Waals surface area contributed by atoms with Gasteiger partial charge in [-0.1, -0.05) is 11.6 Å². The van der Waals surface area contributed by atoms with E-state index < -0.39 is 34.4 Å². The van der Waals surface area contributed by atoms with Gasteiger partial charge < -0.3 is 10.4 Å². The number of halogens is 4. The zero-order valence-corrected chi connectivity index (χ0v) is 22.1. The Morgan fingerprint density at radius 1 is 1.15 bits per heavy atom. The number of pyridine rings is 1. The first-order chi connectivity index (χ1) is 18.9. The van der Waals surface area contributed by atoms with E-state index in [1.165, 1.54) is 41.5 Å². The smallest absolute Gasteiger partial charge is 0.383 e. The van der Waals surface area contributed by atoms with E-state index in [-0.39, 0.29) is 35.6 Å². The Kier molecular flexibility index (Phi) is 7.41. The first kappa shape index (κ1) is 27.8. The first-order valence-electron chi connectivity index (χ1n) is 11.9. The second kappa shape index (κ2) is 10.7. The van der Waals surface area contributed by atoms with E-state index in [4.69, 9.17) is 11.6 Å². The number of aliphatic hydroxyl groups excluding tert-OH is 1. The van der Waals surface area contributed by atoms with Crippen molar-refractivity contribution in [3.05, 3.63) is 70.4 Å². The highest BCUT2D eigenvalue weighted by Gasteiger charge is 2.39. The van der Waals surface area contributed by atoms with Gasteiger partial charge in [0.2, 0.25) is 0 Å². The van der Waals surface area contributed by atoms with Crippen LogP contribution in [0, 0.1) is 5.92 Å². The summed E-state index contributed by atoms with van der Waals surface area (Å²) in [7, 11) is -2.95. The number of hydrogen-bond donors (Lipinski definition) is 2. The van der Waals surface area contributed by atoms with Crippen LogP contribution in [0.2, 0.25) is 5.02 Å². The molecule has 0 amide bonds. The van der Waals surface area contributed by atoms with E-state index in [0.717, 1.165) is 9.25 Å². The van der Waals surface area contributed by atoms with Crippen LogP contribution in [0.15, 0.2) is 53.8 Å². The molecule has 1 fully saturated rings. The lowest BCUT2D eigenvalue weighted by atomic mass is 10.2.